The lowest BCUT2D eigenvalue weighted by molar-refractivity contribution is -0.384. The fourth-order valence-corrected chi connectivity index (χ4v) is 1.97. The molecule has 0 amide bonds. The fourth-order valence-electron chi connectivity index (χ4n) is 1.63. The Kier molecular flexibility index (Phi) is 6.53. The van der Waals surface area contributed by atoms with Gasteiger partial charge in [-0.15, -0.1) is 0 Å². The van der Waals surface area contributed by atoms with Crippen molar-refractivity contribution in [2.75, 3.05) is 6.26 Å². The smallest absolute Gasteiger partial charge is 0.271 e. The summed E-state index contributed by atoms with van der Waals surface area (Å²) < 4.78 is 0. The third-order valence-corrected chi connectivity index (χ3v) is 3.21. The number of thioether (sulfide) groups is 1. The number of aliphatic imine (C=N–C) groups is 1. The van der Waals surface area contributed by atoms with Crippen molar-refractivity contribution in [3.8, 4) is 6.19 Å². The number of aryl methyl sites for hydroxylation is 1. The Morgan fingerprint density at radius 2 is 2.35 bits per heavy atom. The molecule has 1 aromatic rings. The molecule has 6 nitrogen and oxygen atoms in total. The Morgan fingerprint density at radius 3 is 2.90 bits per heavy atom. The third-order valence-electron chi connectivity index (χ3n) is 2.63. The van der Waals surface area contributed by atoms with Crippen molar-refractivity contribution in [3.63, 3.8) is 0 Å². The van der Waals surface area contributed by atoms with Gasteiger partial charge in [0.05, 0.1) is 4.92 Å². The molecule has 0 spiro atoms. The summed E-state index contributed by atoms with van der Waals surface area (Å²) in [6.07, 6.45) is 6.34. The van der Waals surface area contributed by atoms with Gasteiger partial charge in [-0.05, 0) is 30.7 Å². The third kappa shape index (κ3) is 4.55. The average Bonchev–Trinajstić information content (AvgIpc) is 2.45. The zero-order valence-corrected chi connectivity index (χ0v) is 12.2. The molecule has 20 heavy (non-hydrogen) atoms. The van der Waals surface area contributed by atoms with Crippen molar-refractivity contribution in [1.29, 1.82) is 5.26 Å². The number of hydrogen-bond acceptors (Lipinski definition) is 5. The Morgan fingerprint density at radius 1 is 1.60 bits per heavy atom. The molecule has 1 aromatic carbocycles. The lowest BCUT2D eigenvalue weighted by Crippen LogP contribution is -2.12. The summed E-state index contributed by atoms with van der Waals surface area (Å²) in [6.45, 7) is 2.07. The minimum Gasteiger partial charge on any atom is -0.271 e. The van der Waals surface area contributed by atoms with Crippen molar-refractivity contribution in [1.82, 2.24) is 5.32 Å². The van der Waals surface area contributed by atoms with Crippen LogP contribution in [0.4, 0.5) is 11.4 Å². The van der Waals surface area contributed by atoms with E-state index in [1.165, 1.54) is 11.8 Å². The fraction of sp³-hybridized carbons (Fsp3) is 0.385. The van der Waals surface area contributed by atoms with Gasteiger partial charge in [0.25, 0.3) is 5.69 Å². The van der Waals surface area contributed by atoms with Gasteiger partial charge in [-0.25, -0.2) is 4.99 Å². The Labute approximate surface area is 122 Å². The first-order chi connectivity index (χ1) is 9.62. The molecule has 0 radical (unpaired) electrons. The van der Waals surface area contributed by atoms with Gasteiger partial charge in [0.2, 0.25) is 0 Å². The summed E-state index contributed by atoms with van der Waals surface area (Å²) in [6, 6.07) is 5.02. The molecule has 1 rings (SSSR count). The predicted molar refractivity (Wildman–Crippen MR) is 81.1 cm³/mol. The first kappa shape index (κ1) is 16.0. The van der Waals surface area contributed by atoms with Crippen LogP contribution in [0.2, 0.25) is 0 Å². The molecule has 0 heterocycles. The van der Waals surface area contributed by atoms with Gasteiger partial charge in [0, 0.05) is 6.07 Å². The molecule has 0 aliphatic rings. The van der Waals surface area contributed by atoms with E-state index < -0.39 is 4.92 Å². The van der Waals surface area contributed by atoms with Crippen LogP contribution < -0.4 is 5.32 Å². The minimum absolute atomic E-state index is 0.0371. The van der Waals surface area contributed by atoms with Crippen molar-refractivity contribution in [2.45, 2.75) is 26.2 Å². The van der Waals surface area contributed by atoms with E-state index in [4.69, 9.17) is 5.26 Å². The van der Waals surface area contributed by atoms with E-state index in [1.807, 2.05) is 6.07 Å². The van der Waals surface area contributed by atoms with Gasteiger partial charge in [-0.1, -0.05) is 31.2 Å². The van der Waals surface area contributed by atoms with Crippen LogP contribution in [0.5, 0.6) is 0 Å². The maximum Gasteiger partial charge on any atom is 0.295 e. The van der Waals surface area contributed by atoms with E-state index in [2.05, 4.69) is 17.2 Å². The molecule has 0 atom stereocenters. The van der Waals surface area contributed by atoms with Gasteiger partial charge in [-0.3, -0.25) is 15.4 Å². The maximum atomic E-state index is 11.1. The number of unbranched alkanes of at least 4 members (excludes halogenated alkanes) is 1. The van der Waals surface area contributed by atoms with Crippen LogP contribution in [0.15, 0.2) is 23.2 Å². The largest absolute Gasteiger partial charge is 0.295 e. The first-order valence-corrected chi connectivity index (χ1v) is 7.40. The van der Waals surface area contributed by atoms with Gasteiger partial charge in [0.15, 0.2) is 11.4 Å². The Hall–Kier alpha value is -2.07. The number of amidine groups is 1. The highest BCUT2D eigenvalue weighted by molar-refractivity contribution is 8.13. The average molecular weight is 292 g/mol. The molecular weight excluding hydrogens is 276 g/mol. The van der Waals surface area contributed by atoms with Crippen molar-refractivity contribution in [2.24, 2.45) is 4.99 Å². The van der Waals surface area contributed by atoms with Crippen LogP contribution >= 0.6 is 11.8 Å². The molecule has 7 heteroatoms. The SMILES string of the molecule is CCCCc1ccc(N=C(NC#N)SC)c([N+](=O)[O-])c1. The quantitative estimate of drug-likeness (QED) is 0.224. The van der Waals surface area contributed by atoms with E-state index in [-0.39, 0.29) is 11.4 Å². The standard InChI is InChI=1S/C13H16N4O2S/c1-3-4-5-10-6-7-11(12(8-10)17(18)19)16-13(20-2)15-9-14/h6-8H,3-5H2,1-2H3,(H,15,16). The zero-order valence-electron chi connectivity index (χ0n) is 11.4. The van der Waals surface area contributed by atoms with Crippen molar-refractivity contribution < 1.29 is 4.92 Å². The second-order valence-corrected chi connectivity index (χ2v) is 4.84. The number of benzene rings is 1. The molecule has 106 valence electrons. The number of nitriles is 1. The molecule has 0 aliphatic heterocycles. The van der Waals surface area contributed by atoms with Crippen LogP contribution in [0, 0.1) is 21.6 Å². The van der Waals surface area contributed by atoms with E-state index in [0.29, 0.717) is 5.17 Å². The van der Waals surface area contributed by atoms with Crippen LogP contribution in [0.25, 0.3) is 0 Å². The highest BCUT2D eigenvalue weighted by atomic mass is 32.2. The van der Waals surface area contributed by atoms with Crippen molar-refractivity contribution >= 4 is 28.3 Å². The summed E-state index contributed by atoms with van der Waals surface area (Å²) in [7, 11) is 0. The number of nitro benzene ring substituents is 1. The number of nitrogens with zero attached hydrogens (tertiary/aromatic N) is 3. The molecule has 0 aliphatic carbocycles. The molecular formula is C13H16N4O2S. The highest BCUT2D eigenvalue weighted by Gasteiger charge is 2.15. The molecule has 0 fully saturated rings. The van der Waals surface area contributed by atoms with E-state index >= 15 is 0 Å². The zero-order chi connectivity index (χ0) is 15.0. The number of rotatable bonds is 5. The van der Waals surface area contributed by atoms with Gasteiger partial charge in [0.1, 0.15) is 5.69 Å². The van der Waals surface area contributed by atoms with Crippen LogP contribution in [-0.2, 0) is 6.42 Å². The summed E-state index contributed by atoms with van der Waals surface area (Å²) in [4.78, 5) is 14.8. The maximum absolute atomic E-state index is 11.1. The van der Waals surface area contributed by atoms with Gasteiger partial charge >= 0.3 is 0 Å². The topological polar surface area (TPSA) is 91.3 Å². The predicted octanol–water partition coefficient (Wildman–Crippen LogP) is 3.36. The summed E-state index contributed by atoms with van der Waals surface area (Å²) in [5, 5.41) is 22.4. The van der Waals surface area contributed by atoms with E-state index in [9.17, 15) is 10.1 Å². The number of nitro groups is 1. The summed E-state index contributed by atoms with van der Waals surface area (Å²) in [5.41, 5.74) is 1.14. The van der Waals surface area contributed by atoms with E-state index in [0.717, 1.165) is 24.8 Å². The van der Waals surface area contributed by atoms with Crippen LogP contribution in [0.1, 0.15) is 25.3 Å². The molecule has 0 bridgehead atoms. The second-order valence-electron chi connectivity index (χ2n) is 4.04. The van der Waals surface area contributed by atoms with Gasteiger partial charge < -0.3 is 0 Å². The molecule has 0 saturated heterocycles. The highest BCUT2D eigenvalue weighted by Crippen LogP contribution is 2.29. The number of hydrogen-bond donors (Lipinski definition) is 1. The minimum atomic E-state index is -0.446. The first-order valence-electron chi connectivity index (χ1n) is 6.17. The number of nitrogens with one attached hydrogen (secondary N) is 1. The normalized spacial score (nSPS) is 10.9. The second kappa shape index (κ2) is 8.17. The molecule has 0 unspecified atom stereocenters. The van der Waals surface area contributed by atoms with Crippen molar-refractivity contribution in [3.05, 3.63) is 33.9 Å². The lowest BCUT2D eigenvalue weighted by atomic mass is 10.1. The van der Waals surface area contributed by atoms with E-state index in [1.54, 1.807) is 24.6 Å². The Bertz CT molecular complexity index is 552. The monoisotopic (exact) mass is 292 g/mol. The van der Waals surface area contributed by atoms with Gasteiger partial charge in [-0.2, -0.15) is 5.26 Å². The summed E-state index contributed by atoms with van der Waals surface area (Å²) >= 11 is 1.22. The lowest BCUT2D eigenvalue weighted by Gasteiger charge is -2.04. The molecule has 0 aromatic heterocycles. The van der Waals surface area contributed by atoms with Crippen LogP contribution in [0.3, 0.4) is 0 Å². The molecule has 0 saturated carbocycles. The van der Waals surface area contributed by atoms with Crippen LogP contribution in [-0.4, -0.2) is 16.3 Å². The summed E-state index contributed by atoms with van der Waals surface area (Å²) in [5.74, 6) is 0. The molecule has 1 N–H and O–H groups in total. The Balaban J connectivity index is 3.13.